The van der Waals surface area contributed by atoms with Gasteiger partial charge in [-0.3, -0.25) is 4.90 Å². The van der Waals surface area contributed by atoms with Gasteiger partial charge in [0.25, 0.3) is 0 Å². The molecule has 1 saturated heterocycles. The summed E-state index contributed by atoms with van der Waals surface area (Å²) in [5, 5.41) is 0. The molecule has 6 nitrogen and oxygen atoms in total. The van der Waals surface area contributed by atoms with Gasteiger partial charge in [-0.05, 0) is 24.6 Å². The number of hydrogen-bond acceptors (Lipinski definition) is 6. The number of carbonyl (C=O) groups excluding carboxylic acids is 1. The molecule has 1 heterocycles. The van der Waals surface area contributed by atoms with Gasteiger partial charge in [-0.25, -0.2) is 4.79 Å². The fourth-order valence-electron chi connectivity index (χ4n) is 3.44. The van der Waals surface area contributed by atoms with Crippen LogP contribution in [0.15, 0.2) is 54.6 Å². The van der Waals surface area contributed by atoms with Crippen molar-refractivity contribution in [3.8, 4) is 5.75 Å². The molecule has 0 radical (unpaired) electrons. The fourth-order valence-corrected chi connectivity index (χ4v) is 3.44. The molecule has 0 aliphatic carbocycles. The summed E-state index contributed by atoms with van der Waals surface area (Å²) in [6.45, 7) is 6.26. The molecule has 0 aromatic heterocycles. The molecule has 1 aliphatic heterocycles. The molecule has 1 atom stereocenters. The quantitative estimate of drug-likeness (QED) is 0.678. The Morgan fingerprint density at radius 3 is 2.36 bits per heavy atom. The van der Waals surface area contributed by atoms with Crippen LogP contribution >= 0.6 is 0 Å². The molecule has 1 fully saturated rings. The molecular formula is C22H28N2O4. The lowest BCUT2D eigenvalue weighted by atomic mass is 10.1. The third-order valence-electron chi connectivity index (χ3n) is 4.89. The van der Waals surface area contributed by atoms with Crippen LogP contribution in [0.5, 0.6) is 5.75 Å². The molecule has 28 heavy (non-hydrogen) atoms. The number of piperazine rings is 1. The zero-order chi connectivity index (χ0) is 19.8. The predicted molar refractivity (Wildman–Crippen MR) is 109 cm³/mol. The third-order valence-corrected chi connectivity index (χ3v) is 4.89. The lowest BCUT2D eigenvalue weighted by Gasteiger charge is -2.37. The molecule has 0 spiro atoms. The van der Waals surface area contributed by atoms with Crippen LogP contribution in [0.4, 0.5) is 10.5 Å². The van der Waals surface area contributed by atoms with Crippen LogP contribution in [0.1, 0.15) is 18.6 Å². The van der Waals surface area contributed by atoms with Crippen LogP contribution in [0.3, 0.4) is 0 Å². The van der Waals surface area contributed by atoms with Gasteiger partial charge in [-0.1, -0.05) is 42.5 Å². The molecule has 0 saturated carbocycles. The average molecular weight is 384 g/mol. The summed E-state index contributed by atoms with van der Waals surface area (Å²) < 4.78 is 16.1. The van der Waals surface area contributed by atoms with Gasteiger partial charge in [-0.15, -0.1) is 0 Å². The molecule has 0 N–H and O–H groups in total. The summed E-state index contributed by atoms with van der Waals surface area (Å²) in [6, 6.07) is 17.9. The average Bonchev–Trinajstić information content (AvgIpc) is 2.74. The first-order valence-electron chi connectivity index (χ1n) is 9.70. The highest BCUT2D eigenvalue weighted by atomic mass is 16.7. The summed E-state index contributed by atoms with van der Waals surface area (Å²) in [5.74, 6) is 0.892. The Kier molecular flexibility index (Phi) is 7.14. The van der Waals surface area contributed by atoms with Crippen LogP contribution in [-0.4, -0.2) is 57.5 Å². The van der Waals surface area contributed by atoms with E-state index in [0.717, 1.165) is 43.2 Å². The standard InChI is InChI=1S/C22H28N2O4/c1-3-27-22(25)28-21(18-9-5-4-6-10-18)17-23-13-15-24(16-14-23)19-11-7-8-12-20(19)26-2/h4-12,21H,3,13-17H2,1-2H3. The van der Waals surface area contributed by atoms with Crippen molar-refractivity contribution in [3.05, 3.63) is 60.2 Å². The van der Waals surface area contributed by atoms with Crippen molar-refractivity contribution in [1.29, 1.82) is 0 Å². The third kappa shape index (κ3) is 5.16. The maximum absolute atomic E-state index is 11.9. The largest absolute Gasteiger partial charge is 0.508 e. The second kappa shape index (κ2) is 9.99. The number of rotatable bonds is 7. The number of para-hydroxylation sites is 2. The monoisotopic (exact) mass is 384 g/mol. The molecule has 150 valence electrons. The Morgan fingerprint density at radius 2 is 1.68 bits per heavy atom. The molecular weight excluding hydrogens is 356 g/mol. The van der Waals surface area contributed by atoms with Crippen LogP contribution in [-0.2, 0) is 9.47 Å². The molecule has 3 rings (SSSR count). The van der Waals surface area contributed by atoms with E-state index in [2.05, 4.69) is 15.9 Å². The zero-order valence-electron chi connectivity index (χ0n) is 16.5. The van der Waals surface area contributed by atoms with E-state index in [1.165, 1.54) is 0 Å². The van der Waals surface area contributed by atoms with E-state index >= 15 is 0 Å². The molecule has 6 heteroatoms. The number of hydrogen-bond donors (Lipinski definition) is 0. The van der Waals surface area contributed by atoms with Crippen molar-refractivity contribution in [3.63, 3.8) is 0 Å². The van der Waals surface area contributed by atoms with Crippen LogP contribution in [0, 0.1) is 0 Å². The topological polar surface area (TPSA) is 51.2 Å². The maximum atomic E-state index is 11.9. The van der Waals surface area contributed by atoms with Crippen molar-refractivity contribution >= 4 is 11.8 Å². The summed E-state index contributed by atoms with van der Waals surface area (Å²) in [5.41, 5.74) is 2.09. The van der Waals surface area contributed by atoms with Crippen molar-refractivity contribution in [2.75, 3.05) is 51.3 Å². The highest BCUT2D eigenvalue weighted by Crippen LogP contribution is 2.29. The predicted octanol–water partition coefficient (Wildman–Crippen LogP) is 3.73. The number of carbonyl (C=O) groups is 1. The normalized spacial score (nSPS) is 15.7. The fraction of sp³-hybridized carbons (Fsp3) is 0.409. The van der Waals surface area contributed by atoms with Crippen molar-refractivity contribution in [2.45, 2.75) is 13.0 Å². The minimum absolute atomic E-state index is 0.303. The zero-order valence-corrected chi connectivity index (χ0v) is 16.5. The van der Waals surface area contributed by atoms with E-state index < -0.39 is 6.16 Å². The smallest absolute Gasteiger partial charge is 0.495 e. The van der Waals surface area contributed by atoms with Crippen molar-refractivity contribution < 1.29 is 19.0 Å². The van der Waals surface area contributed by atoms with Gasteiger partial charge in [0.2, 0.25) is 0 Å². The summed E-state index contributed by atoms with van der Waals surface area (Å²) in [7, 11) is 1.70. The van der Waals surface area contributed by atoms with Gasteiger partial charge in [-0.2, -0.15) is 0 Å². The van der Waals surface area contributed by atoms with E-state index in [1.54, 1.807) is 14.0 Å². The number of anilines is 1. The Balaban J connectivity index is 1.62. The Labute approximate surface area is 166 Å². The first-order chi connectivity index (χ1) is 13.7. The van der Waals surface area contributed by atoms with Gasteiger partial charge in [0.15, 0.2) is 0 Å². The van der Waals surface area contributed by atoms with Gasteiger partial charge < -0.3 is 19.1 Å². The lowest BCUT2D eigenvalue weighted by molar-refractivity contribution is 0.0113. The highest BCUT2D eigenvalue weighted by Gasteiger charge is 2.25. The minimum atomic E-state index is -0.621. The maximum Gasteiger partial charge on any atom is 0.508 e. The summed E-state index contributed by atoms with van der Waals surface area (Å²) in [4.78, 5) is 16.5. The van der Waals surface area contributed by atoms with E-state index in [1.807, 2.05) is 48.5 Å². The second-order valence-electron chi connectivity index (χ2n) is 6.66. The molecule has 0 bridgehead atoms. The number of methoxy groups -OCH3 is 1. The Morgan fingerprint density at radius 1 is 1.00 bits per heavy atom. The SMILES string of the molecule is CCOC(=O)OC(CN1CCN(c2ccccc2OC)CC1)c1ccccc1. The first kappa shape index (κ1) is 20.0. The summed E-state index contributed by atoms with van der Waals surface area (Å²) in [6.07, 6.45) is -0.970. The van der Waals surface area contributed by atoms with Gasteiger partial charge in [0, 0.05) is 32.7 Å². The van der Waals surface area contributed by atoms with E-state index in [-0.39, 0.29) is 6.10 Å². The molecule has 0 amide bonds. The van der Waals surface area contributed by atoms with Gasteiger partial charge in [0.05, 0.1) is 19.4 Å². The van der Waals surface area contributed by atoms with E-state index in [4.69, 9.17) is 14.2 Å². The highest BCUT2D eigenvalue weighted by molar-refractivity contribution is 5.60. The van der Waals surface area contributed by atoms with Crippen LogP contribution < -0.4 is 9.64 Å². The first-order valence-corrected chi connectivity index (χ1v) is 9.70. The van der Waals surface area contributed by atoms with E-state index in [0.29, 0.717) is 13.2 Å². The number of nitrogens with zero attached hydrogens (tertiary/aromatic N) is 2. The lowest BCUT2D eigenvalue weighted by Crippen LogP contribution is -2.48. The van der Waals surface area contributed by atoms with E-state index in [9.17, 15) is 4.79 Å². The van der Waals surface area contributed by atoms with Crippen molar-refractivity contribution in [1.82, 2.24) is 4.90 Å². The van der Waals surface area contributed by atoms with Gasteiger partial charge in [0.1, 0.15) is 11.9 Å². The molecule has 1 aliphatic rings. The number of benzene rings is 2. The van der Waals surface area contributed by atoms with Crippen molar-refractivity contribution in [2.24, 2.45) is 0 Å². The Hall–Kier alpha value is -2.73. The minimum Gasteiger partial charge on any atom is -0.495 e. The second-order valence-corrected chi connectivity index (χ2v) is 6.66. The number of ether oxygens (including phenoxy) is 3. The molecule has 2 aromatic rings. The van der Waals surface area contributed by atoms with Crippen LogP contribution in [0.25, 0.3) is 0 Å². The van der Waals surface area contributed by atoms with Crippen LogP contribution in [0.2, 0.25) is 0 Å². The van der Waals surface area contributed by atoms with Gasteiger partial charge >= 0.3 is 6.16 Å². The Bertz CT molecular complexity index is 745. The summed E-state index contributed by atoms with van der Waals surface area (Å²) >= 11 is 0. The molecule has 1 unspecified atom stereocenters. The molecule has 2 aromatic carbocycles.